The average Bonchev–Trinajstić information content (AvgIpc) is 2.60. The van der Waals surface area contributed by atoms with Crippen molar-refractivity contribution in [3.05, 3.63) is 23.7 Å². The van der Waals surface area contributed by atoms with Crippen molar-refractivity contribution < 1.29 is 4.42 Å². The molecule has 0 aliphatic heterocycles. The minimum atomic E-state index is 0.459. The number of hydrogen-bond donors (Lipinski definition) is 1. The highest BCUT2D eigenvalue weighted by molar-refractivity contribution is 5.19. The van der Waals surface area contributed by atoms with Gasteiger partial charge in [-0.25, -0.2) is 0 Å². The molecule has 0 amide bonds. The van der Waals surface area contributed by atoms with Crippen LogP contribution in [0.15, 0.2) is 16.7 Å². The summed E-state index contributed by atoms with van der Waals surface area (Å²) in [5.74, 6) is 1.04. The van der Waals surface area contributed by atoms with Gasteiger partial charge in [0.1, 0.15) is 5.76 Å². The smallest absolute Gasteiger partial charge is 0.105 e. The van der Waals surface area contributed by atoms with E-state index in [-0.39, 0.29) is 0 Å². The van der Waals surface area contributed by atoms with Gasteiger partial charge in [0, 0.05) is 11.6 Å². The monoisotopic (exact) mass is 195 g/mol. The van der Waals surface area contributed by atoms with Gasteiger partial charge in [0.2, 0.25) is 0 Å². The van der Waals surface area contributed by atoms with Gasteiger partial charge in [-0.05, 0) is 26.5 Å². The largest absolute Gasteiger partial charge is 0.469 e. The Morgan fingerprint density at radius 1 is 1.43 bits per heavy atom. The van der Waals surface area contributed by atoms with Crippen molar-refractivity contribution >= 4 is 0 Å². The first kappa shape index (κ1) is 11.3. The van der Waals surface area contributed by atoms with Gasteiger partial charge >= 0.3 is 0 Å². The van der Waals surface area contributed by atoms with Gasteiger partial charge in [-0.2, -0.15) is 0 Å². The zero-order valence-corrected chi connectivity index (χ0v) is 9.47. The maximum absolute atomic E-state index is 5.31. The number of aryl methyl sites for hydroxylation is 1. The minimum absolute atomic E-state index is 0.459. The number of nitrogens with one attached hydrogen (secondary N) is 1. The van der Waals surface area contributed by atoms with Crippen molar-refractivity contribution in [2.45, 2.75) is 45.6 Å². The van der Waals surface area contributed by atoms with Crippen LogP contribution in [-0.4, -0.2) is 7.05 Å². The van der Waals surface area contributed by atoms with E-state index in [1.54, 1.807) is 6.26 Å². The highest BCUT2D eigenvalue weighted by atomic mass is 16.3. The molecule has 80 valence electrons. The molecule has 1 aromatic rings. The molecule has 1 heterocycles. The Balaban J connectivity index is 2.50. The summed E-state index contributed by atoms with van der Waals surface area (Å²) < 4.78 is 5.31. The molecule has 0 saturated carbocycles. The van der Waals surface area contributed by atoms with E-state index in [2.05, 4.69) is 18.3 Å². The molecule has 1 atom stereocenters. The van der Waals surface area contributed by atoms with Crippen LogP contribution >= 0.6 is 0 Å². The van der Waals surface area contributed by atoms with Gasteiger partial charge in [-0.15, -0.1) is 0 Å². The predicted octanol–water partition coefficient (Wildman–Crippen LogP) is 3.43. The first-order valence-corrected chi connectivity index (χ1v) is 5.50. The molecular formula is C12H21NO. The second kappa shape index (κ2) is 5.86. The third-order valence-electron chi connectivity index (χ3n) is 2.72. The molecule has 1 unspecified atom stereocenters. The molecular weight excluding hydrogens is 174 g/mol. The maximum Gasteiger partial charge on any atom is 0.105 e. The molecule has 1 rings (SSSR count). The van der Waals surface area contributed by atoms with Crippen LogP contribution in [0.3, 0.4) is 0 Å². The Morgan fingerprint density at radius 2 is 2.21 bits per heavy atom. The van der Waals surface area contributed by atoms with E-state index in [0.29, 0.717) is 6.04 Å². The highest BCUT2D eigenvalue weighted by Crippen LogP contribution is 2.23. The summed E-state index contributed by atoms with van der Waals surface area (Å²) in [6.07, 6.45) is 6.85. The van der Waals surface area contributed by atoms with Crippen molar-refractivity contribution in [1.29, 1.82) is 0 Å². The minimum Gasteiger partial charge on any atom is -0.469 e. The fraction of sp³-hybridized carbons (Fsp3) is 0.667. The van der Waals surface area contributed by atoms with E-state index in [0.717, 1.165) is 5.76 Å². The van der Waals surface area contributed by atoms with Crippen LogP contribution in [0, 0.1) is 6.92 Å². The van der Waals surface area contributed by atoms with Crippen molar-refractivity contribution in [3.8, 4) is 0 Å². The van der Waals surface area contributed by atoms with E-state index in [1.807, 2.05) is 14.0 Å². The molecule has 0 saturated heterocycles. The lowest BCUT2D eigenvalue weighted by Crippen LogP contribution is -2.16. The van der Waals surface area contributed by atoms with Crippen LogP contribution < -0.4 is 5.32 Å². The van der Waals surface area contributed by atoms with Crippen molar-refractivity contribution in [2.24, 2.45) is 0 Å². The molecule has 0 radical (unpaired) electrons. The van der Waals surface area contributed by atoms with Gasteiger partial charge in [0.15, 0.2) is 0 Å². The fourth-order valence-electron chi connectivity index (χ4n) is 1.81. The number of furan rings is 1. The SMILES string of the molecule is CCCCCC(NC)c1ccoc1C. The molecule has 1 N–H and O–H groups in total. The van der Waals surface area contributed by atoms with E-state index < -0.39 is 0 Å². The summed E-state index contributed by atoms with van der Waals surface area (Å²) in [7, 11) is 2.02. The van der Waals surface area contributed by atoms with Gasteiger partial charge < -0.3 is 9.73 Å². The number of rotatable bonds is 6. The molecule has 0 spiro atoms. The summed E-state index contributed by atoms with van der Waals surface area (Å²) in [4.78, 5) is 0. The second-order valence-corrected chi connectivity index (χ2v) is 3.77. The standard InChI is InChI=1S/C12H21NO/c1-4-5-6-7-12(13-3)11-8-9-14-10(11)2/h8-9,12-13H,4-7H2,1-3H3. The second-order valence-electron chi connectivity index (χ2n) is 3.77. The third kappa shape index (κ3) is 2.88. The summed E-state index contributed by atoms with van der Waals surface area (Å²) in [6.45, 7) is 4.26. The van der Waals surface area contributed by atoms with Gasteiger partial charge in [0.25, 0.3) is 0 Å². The topological polar surface area (TPSA) is 25.2 Å². The Hall–Kier alpha value is -0.760. The van der Waals surface area contributed by atoms with Gasteiger partial charge in [-0.3, -0.25) is 0 Å². The molecule has 0 aliphatic rings. The molecule has 14 heavy (non-hydrogen) atoms. The zero-order chi connectivity index (χ0) is 10.4. The molecule has 2 nitrogen and oxygen atoms in total. The van der Waals surface area contributed by atoms with Crippen LogP contribution in [0.1, 0.15) is 50.0 Å². The molecule has 0 aromatic carbocycles. The zero-order valence-electron chi connectivity index (χ0n) is 9.47. The van der Waals surface area contributed by atoms with Gasteiger partial charge in [-0.1, -0.05) is 26.2 Å². The molecule has 0 aliphatic carbocycles. The quantitative estimate of drug-likeness (QED) is 0.703. The van der Waals surface area contributed by atoms with E-state index in [4.69, 9.17) is 4.42 Å². The maximum atomic E-state index is 5.31. The average molecular weight is 195 g/mol. The predicted molar refractivity (Wildman–Crippen MR) is 59.4 cm³/mol. The van der Waals surface area contributed by atoms with Crippen molar-refractivity contribution in [2.75, 3.05) is 7.05 Å². The number of hydrogen-bond acceptors (Lipinski definition) is 2. The van der Waals surface area contributed by atoms with Crippen LogP contribution in [-0.2, 0) is 0 Å². The van der Waals surface area contributed by atoms with Crippen LogP contribution in [0.2, 0.25) is 0 Å². The summed E-state index contributed by atoms with van der Waals surface area (Å²) in [5.41, 5.74) is 1.31. The third-order valence-corrected chi connectivity index (χ3v) is 2.72. The summed E-state index contributed by atoms with van der Waals surface area (Å²) >= 11 is 0. The first-order chi connectivity index (χ1) is 6.79. The Bertz CT molecular complexity index is 255. The molecule has 1 aromatic heterocycles. The molecule has 0 fully saturated rings. The lowest BCUT2D eigenvalue weighted by Gasteiger charge is -2.14. The van der Waals surface area contributed by atoms with Crippen LogP contribution in [0.5, 0.6) is 0 Å². The normalized spacial score (nSPS) is 13.1. The van der Waals surface area contributed by atoms with Crippen molar-refractivity contribution in [3.63, 3.8) is 0 Å². The summed E-state index contributed by atoms with van der Waals surface area (Å²) in [6, 6.07) is 2.53. The highest BCUT2D eigenvalue weighted by Gasteiger charge is 2.12. The molecule has 2 heteroatoms. The van der Waals surface area contributed by atoms with Gasteiger partial charge in [0.05, 0.1) is 6.26 Å². The Morgan fingerprint density at radius 3 is 2.71 bits per heavy atom. The Kier molecular flexibility index (Phi) is 4.74. The summed E-state index contributed by atoms with van der Waals surface area (Å²) in [5, 5.41) is 3.34. The number of unbranched alkanes of at least 4 members (excludes halogenated alkanes) is 2. The van der Waals surface area contributed by atoms with Crippen LogP contribution in [0.4, 0.5) is 0 Å². The first-order valence-electron chi connectivity index (χ1n) is 5.50. The molecule has 0 bridgehead atoms. The fourth-order valence-corrected chi connectivity index (χ4v) is 1.81. The lowest BCUT2D eigenvalue weighted by molar-refractivity contribution is 0.485. The van der Waals surface area contributed by atoms with E-state index in [9.17, 15) is 0 Å². The van der Waals surface area contributed by atoms with Crippen molar-refractivity contribution in [1.82, 2.24) is 5.32 Å². The van der Waals surface area contributed by atoms with E-state index in [1.165, 1.54) is 31.2 Å². The van der Waals surface area contributed by atoms with E-state index >= 15 is 0 Å². The Labute approximate surface area is 86.7 Å². The van der Waals surface area contributed by atoms with Crippen LogP contribution in [0.25, 0.3) is 0 Å². The lowest BCUT2D eigenvalue weighted by atomic mass is 10.0.